The molecule has 2 aromatic carbocycles. The molecule has 166 valence electrons. The van der Waals surface area contributed by atoms with Gasteiger partial charge >= 0.3 is 5.97 Å². The minimum absolute atomic E-state index is 0.0303. The Morgan fingerprint density at radius 2 is 1.84 bits per heavy atom. The second kappa shape index (κ2) is 8.63. The number of aromatic nitrogens is 1. The van der Waals surface area contributed by atoms with E-state index in [9.17, 15) is 23.9 Å². The zero-order chi connectivity index (χ0) is 23.0. The highest BCUT2D eigenvalue weighted by molar-refractivity contribution is 6.30. The van der Waals surface area contributed by atoms with Gasteiger partial charge in [-0.3, -0.25) is 9.59 Å². The summed E-state index contributed by atoms with van der Waals surface area (Å²) in [5.41, 5.74) is 0.191. The topological polar surface area (TPSA) is 82.8 Å². The molecule has 9 heteroatoms. The van der Waals surface area contributed by atoms with Crippen LogP contribution in [-0.2, 0) is 6.54 Å². The molecule has 0 aliphatic carbocycles. The minimum Gasteiger partial charge on any atom is -0.477 e. The number of fused-ring (bicyclic) bond motifs is 1. The van der Waals surface area contributed by atoms with Crippen molar-refractivity contribution in [2.75, 3.05) is 31.1 Å². The van der Waals surface area contributed by atoms with Crippen molar-refractivity contribution in [3.63, 3.8) is 0 Å². The number of hydrogen-bond donors (Lipinski definition) is 1. The number of halogens is 2. The predicted octanol–water partition coefficient (Wildman–Crippen LogP) is 3.47. The molecule has 1 N–H and O–H groups in total. The van der Waals surface area contributed by atoms with E-state index in [0.29, 0.717) is 54.5 Å². The molecule has 0 atom stereocenters. The number of carboxylic acid groups (broad SMARTS) is 1. The second-order valence-electron chi connectivity index (χ2n) is 7.57. The number of nitrogens with zero attached hydrogens (tertiary/aromatic N) is 3. The van der Waals surface area contributed by atoms with Crippen molar-refractivity contribution in [2.24, 2.45) is 0 Å². The summed E-state index contributed by atoms with van der Waals surface area (Å²) in [6.45, 7) is 3.88. The Morgan fingerprint density at radius 3 is 2.47 bits per heavy atom. The lowest BCUT2D eigenvalue weighted by Crippen LogP contribution is -2.49. The first kappa shape index (κ1) is 21.8. The van der Waals surface area contributed by atoms with E-state index in [1.165, 1.54) is 6.20 Å². The molecule has 0 radical (unpaired) electrons. The predicted molar refractivity (Wildman–Crippen MR) is 120 cm³/mol. The van der Waals surface area contributed by atoms with E-state index in [4.69, 9.17) is 11.6 Å². The summed E-state index contributed by atoms with van der Waals surface area (Å²) < 4.78 is 16.6. The Labute approximate surface area is 188 Å². The zero-order valence-corrected chi connectivity index (χ0v) is 18.1. The van der Waals surface area contributed by atoms with Gasteiger partial charge in [0.05, 0.1) is 11.2 Å². The second-order valence-corrected chi connectivity index (χ2v) is 8.01. The molecular weight excluding hydrogens is 437 g/mol. The van der Waals surface area contributed by atoms with Crippen LogP contribution in [0.15, 0.2) is 47.4 Å². The van der Waals surface area contributed by atoms with Crippen molar-refractivity contribution in [3.8, 4) is 0 Å². The smallest absolute Gasteiger partial charge is 0.341 e. The van der Waals surface area contributed by atoms with E-state index >= 15 is 0 Å². The van der Waals surface area contributed by atoms with E-state index in [0.717, 1.165) is 6.07 Å². The molecule has 4 rings (SSSR count). The van der Waals surface area contributed by atoms with E-state index in [-0.39, 0.29) is 16.9 Å². The summed E-state index contributed by atoms with van der Waals surface area (Å²) in [6, 6.07) is 9.44. The van der Waals surface area contributed by atoms with E-state index in [2.05, 4.69) is 0 Å². The average Bonchev–Trinajstić information content (AvgIpc) is 2.79. The van der Waals surface area contributed by atoms with Crippen LogP contribution in [0.1, 0.15) is 27.6 Å². The average molecular weight is 458 g/mol. The molecule has 1 aliphatic heterocycles. The number of anilines is 1. The van der Waals surface area contributed by atoms with Crippen LogP contribution in [0.25, 0.3) is 10.9 Å². The van der Waals surface area contributed by atoms with E-state index in [1.807, 2.05) is 11.8 Å². The summed E-state index contributed by atoms with van der Waals surface area (Å²) in [4.78, 5) is 40.2. The van der Waals surface area contributed by atoms with Crippen LogP contribution in [0, 0.1) is 5.82 Å². The SMILES string of the molecule is CCn1cc(C(=O)O)c(=O)c2cc(F)c(N3CCN(C(=O)c4cccc(Cl)c4)CC3)cc21. The monoisotopic (exact) mass is 457 g/mol. The van der Waals surface area contributed by atoms with E-state index in [1.54, 1.807) is 39.8 Å². The Kier molecular flexibility index (Phi) is 5.88. The number of carbonyl (C=O) groups is 2. The molecule has 1 saturated heterocycles. The van der Waals surface area contributed by atoms with Gasteiger partial charge in [-0.05, 0) is 37.3 Å². The van der Waals surface area contributed by atoms with Gasteiger partial charge < -0.3 is 19.5 Å². The third-order valence-corrected chi connectivity index (χ3v) is 5.93. The van der Waals surface area contributed by atoms with Crippen molar-refractivity contribution in [2.45, 2.75) is 13.5 Å². The molecule has 0 saturated carbocycles. The fourth-order valence-electron chi connectivity index (χ4n) is 4.01. The van der Waals surface area contributed by atoms with Crippen molar-refractivity contribution in [1.29, 1.82) is 0 Å². The Morgan fingerprint density at radius 1 is 1.12 bits per heavy atom. The molecule has 0 bridgehead atoms. The van der Waals surface area contributed by atoms with Crippen LogP contribution in [0.2, 0.25) is 5.02 Å². The summed E-state index contributed by atoms with van der Waals surface area (Å²) in [7, 11) is 0. The van der Waals surface area contributed by atoms with Crippen molar-refractivity contribution < 1.29 is 19.1 Å². The quantitative estimate of drug-likeness (QED) is 0.648. The number of hydrogen-bond acceptors (Lipinski definition) is 4. The van der Waals surface area contributed by atoms with Crippen LogP contribution in [0.5, 0.6) is 0 Å². The molecule has 1 aromatic heterocycles. The first-order chi connectivity index (χ1) is 15.3. The van der Waals surface area contributed by atoms with Gasteiger partial charge in [0.1, 0.15) is 11.4 Å². The molecule has 2 heterocycles. The molecule has 3 aromatic rings. The van der Waals surface area contributed by atoms with Gasteiger partial charge in [-0.25, -0.2) is 9.18 Å². The van der Waals surface area contributed by atoms with Crippen molar-refractivity contribution in [1.82, 2.24) is 9.47 Å². The van der Waals surface area contributed by atoms with Crippen molar-refractivity contribution in [3.05, 3.63) is 74.8 Å². The number of piperazine rings is 1. The maximum Gasteiger partial charge on any atom is 0.341 e. The van der Waals surface area contributed by atoms with E-state index < -0.39 is 17.2 Å². The van der Waals surface area contributed by atoms with Crippen LogP contribution < -0.4 is 10.3 Å². The number of pyridine rings is 1. The molecule has 32 heavy (non-hydrogen) atoms. The van der Waals surface area contributed by atoms with Crippen LogP contribution in [-0.4, -0.2) is 52.6 Å². The van der Waals surface area contributed by atoms with Gasteiger partial charge in [0.15, 0.2) is 0 Å². The molecular formula is C23H21ClFN3O4. The normalized spacial score (nSPS) is 14.1. The molecule has 0 unspecified atom stereocenters. The van der Waals surface area contributed by atoms with Crippen molar-refractivity contribution >= 4 is 40.1 Å². The van der Waals surface area contributed by atoms with Gasteiger partial charge in [0.25, 0.3) is 5.91 Å². The first-order valence-electron chi connectivity index (χ1n) is 10.2. The maximum absolute atomic E-state index is 15.0. The summed E-state index contributed by atoms with van der Waals surface area (Å²) in [6.07, 6.45) is 1.29. The number of aromatic carboxylic acids is 1. The molecule has 1 aliphatic rings. The fourth-order valence-corrected chi connectivity index (χ4v) is 4.20. The highest BCUT2D eigenvalue weighted by atomic mass is 35.5. The third kappa shape index (κ3) is 3.93. The molecule has 1 amide bonds. The lowest BCUT2D eigenvalue weighted by molar-refractivity contribution is 0.0693. The largest absolute Gasteiger partial charge is 0.477 e. The number of aryl methyl sites for hydroxylation is 1. The Balaban J connectivity index is 1.61. The number of carbonyl (C=O) groups excluding carboxylic acids is 1. The number of benzene rings is 2. The lowest BCUT2D eigenvalue weighted by atomic mass is 10.1. The first-order valence-corrected chi connectivity index (χ1v) is 10.6. The summed E-state index contributed by atoms with van der Waals surface area (Å²) in [5, 5.41) is 9.80. The third-order valence-electron chi connectivity index (χ3n) is 5.70. The zero-order valence-electron chi connectivity index (χ0n) is 17.3. The molecule has 1 fully saturated rings. The number of amides is 1. The minimum atomic E-state index is -1.34. The summed E-state index contributed by atoms with van der Waals surface area (Å²) >= 11 is 5.98. The fraction of sp³-hybridized carbons (Fsp3) is 0.261. The highest BCUT2D eigenvalue weighted by Crippen LogP contribution is 2.27. The van der Waals surface area contributed by atoms with Gasteiger partial charge in [0, 0.05) is 54.9 Å². The summed E-state index contributed by atoms with van der Waals surface area (Å²) in [5.74, 6) is -2.08. The van der Waals surface area contributed by atoms with Crippen LogP contribution in [0.4, 0.5) is 10.1 Å². The number of carboxylic acids is 1. The Bertz CT molecular complexity index is 1280. The Hall–Kier alpha value is -3.39. The van der Waals surface area contributed by atoms with Gasteiger partial charge in [0.2, 0.25) is 5.43 Å². The standard InChI is InChI=1S/C23H21ClFN3O4/c1-2-26-13-17(23(31)32)21(29)16-11-18(25)20(12-19(16)26)27-6-8-28(9-7-27)22(30)14-4-3-5-15(24)10-14/h3-5,10-13H,2,6-9H2,1H3,(H,31,32). The molecule has 7 nitrogen and oxygen atoms in total. The van der Waals surface area contributed by atoms with Gasteiger partial charge in [-0.1, -0.05) is 17.7 Å². The number of rotatable bonds is 4. The van der Waals surface area contributed by atoms with Gasteiger partial charge in [-0.2, -0.15) is 0 Å². The van der Waals surface area contributed by atoms with Crippen LogP contribution >= 0.6 is 11.6 Å². The highest BCUT2D eigenvalue weighted by Gasteiger charge is 2.25. The molecule has 0 spiro atoms. The lowest BCUT2D eigenvalue weighted by Gasteiger charge is -2.36. The van der Waals surface area contributed by atoms with Crippen LogP contribution in [0.3, 0.4) is 0 Å². The van der Waals surface area contributed by atoms with Gasteiger partial charge in [-0.15, -0.1) is 0 Å². The maximum atomic E-state index is 15.0.